The molecule has 1 saturated carbocycles. The highest BCUT2D eigenvalue weighted by molar-refractivity contribution is 6.07. The predicted molar refractivity (Wildman–Crippen MR) is 155 cm³/mol. The van der Waals surface area contributed by atoms with Crippen molar-refractivity contribution in [2.24, 2.45) is 5.92 Å². The van der Waals surface area contributed by atoms with Crippen LogP contribution < -0.4 is 4.90 Å². The van der Waals surface area contributed by atoms with Gasteiger partial charge in [0, 0.05) is 67.8 Å². The quantitative estimate of drug-likeness (QED) is 0.259. The average molecular weight is 579 g/mol. The van der Waals surface area contributed by atoms with Gasteiger partial charge in [-0.3, -0.25) is 4.79 Å². The number of allylic oxidation sites excluding steroid dienone is 1. The third kappa shape index (κ3) is 7.93. The second kappa shape index (κ2) is 13.9. The molecule has 4 rings (SSSR count). The summed E-state index contributed by atoms with van der Waals surface area (Å²) < 4.78 is 43.4. The minimum Gasteiger partial charge on any atom is -0.513 e. The van der Waals surface area contributed by atoms with Crippen LogP contribution in [0.5, 0.6) is 0 Å². The van der Waals surface area contributed by atoms with E-state index in [1.54, 1.807) is 13.0 Å². The van der Waals surface area contributed by atoms with Crippen molar-refractivity contribution in [1.29, 1.82) is 0 Å². The van der Waals surface area contributed by atoms with Gasteiger partial charge in [0.2, 0.25) is 0 Å². The van der Waals surface area contributed by atoms with Gasteiger partial charge in [0.05, 0.1) is 11.3 Å². The number of ether oxygens (including phenoxy) is 1. The van der Waals surface area contributed by atoms with E-state index in [0.29, 0.717) is 41.5 Å². The molecule has 41 heavy (non-hydrogen) atoms. The molecule has 1 saturated heterocycles. The van der Waals surface area contributed by atoms with E-state index in [1.807, 2.05) is 18.7 Å². The van der Waals surface area contributed by atoms with Crippen LogP contribution in [0.2, 0.25) is 0 Å². The Labute approximate surface area is 242 Å². The van der Waals surface area contributed by atoms with Gasteiger partial charge in [-0.2, -0.15) is 13.2 Å². The number of alkyl halides is 3. The molecule has 0 aromatic heterocycles. The molecular weight excluding hydrogens is 533 g/mol. The van der Waals surface area contributed by atoms with Crippen molar-refractivity contribution >= 4 is 17.4 Å². The van der Waals surface area contributed by atoms with Crippen LogP contribution in [0.3, 0.4) is 0 Å². The molecule has 1 N–H and O–H groups in total. The summed E-state index contributed by atoms with van der Waals surface area (Å²) in [5.74, 6) is 0.170. The van der Waals surface area contributed by atoms with Gasteiger partial charge in [-0.25, -0.2) is 4.79 Å². The van der Waals surface area contributed by atoms with E-state index in [0.717, 1.165) is 70.8 Å². The van der Waals surface area contributed by atoms with E-state index in [1.165, 1.54) is 19.1 Å². The first-order chi connectivity index (χ1) is 19.3. The van der Waals surface area contributed by atoms with Crippen LogP contribution in [-0.4, -0.2) is 59.6 Å². The molecular formula is C32H45F3N2O4. The SMILES string of the molecule is C=C(O)C1CCC(N2CCC3(CC2)OC(=O)C(C)=C3C(C)=O)CC1.CCCN(CCC)c1cccc(C(F)(F)F)c1. The average Bonchev–Trinajstić information content (AvgIpc) is 3.17. The van der Waals surface area contributed by atoms with Crippen LogP contribution in [0.15, 0.2) is 47.7 Å². The lowest BCUT2D eigenvalue weighted by molar-refractivity contribution is -0.151. The predicted octanol–water partition coefficient (Wildman–Crippen LogP) is 7.25. The highest BCUT2D eigenvalue weighted by atomic mass is 19.4. The molecule has 1 aromatic carbocycles. The third-order valence-electron chi connectivity index (χ3n) is 8.59. The fraction of sp³-hybridized carbons (Fsp3) is 0.625. The molecule has 0 bridgehead atoms. The van der Waals surface area contributed by atoms with Crippen molar-refractivity contribution in [1.82, 2.24) is 4.90 Å². The van der Waals surface area contributed by atoms with Crippen LogP contribution >= 0.6 is 0 Å². The smallest absolute Gasteiger partial charge is 0.416 e. The molecule has 9 heteroatoms. The number of hydrogen-bond acceptors (Lipinski definition) is 6. The summed E-state index contributed by atoms with van der Waals surface area (Å²) >= 11 is 0. The van der Waals surface area contributed by atoms with E-state index < -0.39 is 17.3 Å². The van der Waals surface area contributed by atoms with Crippen molar-refractivity contribution in [3.8, 4) is 0 Å². The first-order valence-corrected chi connectivity index (χ1v) is 14.8. The van der Waals surface area contributed by atoms with Gasteiger partial charge in [-0.05, 0) is 70.6 Å². The molecule has 2 fully saturated rings. The lowest BCUT2D eigenvalue weighted by atomic mass is 9.79. The number of anilines is 1. The van der Waals surface area contributed by atoms with Crippen molar-refractivity contribution in [3.63, 3.8) is 0 Å². The van der Waals surface area contributed by atoms with Crippen LogP contribution in [-0.2, 0) is 20.5 Å². The standard InChI is InChI=1S/C19H27NO4.C13H18F3N/c1-12-17(14(3)22)19(24-18(12)23)8-10-20(11-9-19)16-6-4-15(5-7-16)13(2)21;1-3-8-17(9-4-2)12-7-5-6-11(10-12)13(14,15)16/h15-16,21H,2,4-11H2,1,3H3;5-7,10H,3-4,8-9H2,1-2H3. The summed E-state index contributed by atoms with van der Waals surface area (Å²) in [7, 11) is 0. The van der Waals surface area contributed by atoms with Gasteiger partial charge in [0.1, 0.15) is 5.60 Å². The molecule has 1 spiro atoms. The molecule has 0 unspecified atom stereocenters. The van der Waals surface area contributed by atoms with Crippen LogP contribution in [0.25, 0.3) is 0 Å². The number of piperidine rings is 1. The summed E-state index contributed by atoms with van der Waals surface area (Å²) in [5, 5.41) is 9.55. The normalized spacial score (nSPS) is 22.7. The first-order valence-electron chi connectivity index (χ1n) is 14.8. The van der Waals surface area contributed by atoms with E-state index in [-0.39, 0.29) is 17.7 Å². The zero-order valence-corrected chi connectivity index (χ0v) is 24.9. The number of aliphatic hydroxyl groups excluding tert-OH is 1. The van der Waals surface area contributed by atoms with Crippen molar-refractivity contribution in [2.75, 3.05) is 31.1 Å². The Balaban J connectivity index is 0.000000241. The number of ketones is 1. The first kappa shape index (κ1) is 32.7. The Bertz CT molecular complexity index is 1110. The maximum Gasteiger partial charge on any atom is 0.416 e. The number of carbonyl (C=O) groups is 2. The number of halogens is 3. The fourth-order valence-electron chi connectivity index (χ4n) is 6.50. The largest absolute Gasteiger partial charge is 0.513 e. The monoisotopic (exact) mass is 578 g/mol. The minimum absolute atomic E-state index is 0.0474. The third-order valence-corrected chi connectivity index (χ3v) is 8.59. The lowest BCUT2D eigenvalue weighted by Gasteiger charge is -2.44. The topological polar surface area (TPSA) is 70.1 Å². The number of likely N-dealkylation sites (tertiary alicyclic amines) is 1. The van der Waals surface area contributed by atoms with Crippen molar-refractivity contribution in [3.05, 3.63) is 53.3 Å². The molecule has 3 aliphatic rings. The summed E-state index contributed by atoms with van der Waals surface area (Å²) in [4.78, 5) is 28.4. The molecule has 2 heterocycles. The maximum absolute atomic E-state index is 12.6. The Hall–Kier alpha value is -2.81. The van der Waals surface area contributed by atoms with Gasteiger partial charge in [-0.1, -0.05) is 26.5 Å². The fourth-order valence-corrected chi connectivity index (χ4v) is 6.50. The Morgan fingerprint density at radius 1 is 1.12 bits per heavy atom. The molecule has 1 aliphatic carbocycles. The van der Waals surface area contributed by atoms with Gasteiger partial charge in [-0.15, -0.1) is 0 Å². The number of Topliss-reactive ketones (excluding diaryl/α,β-unsaturated/α-hetero) is 1. The summed E-state index contributed by atoms with van der Waals surface area (Å²) in [6.07, 6.45) is 3.06. The molecule has 6 nitrogen and oxygen atoms in total. The summed E-state index contributed by atoms with van der Waals surface area (Å²) in [6, 6.07) is 6.06. The molecule has 0 amide bonds. The number of esters is 1. The number of benzene rings is 1. The number of hydrogen-bond donors (Lipinski definition) is 1. The lowest BCUT2D eigenvalue weighted by Crippen LogP contribution is -2.50. The number of nitrogens with zero attached hydrogens (tertiary/aromatic N) is 2. The minimum atomic E-state index is -4.26. The van der Waals surface area contributed by atoms with Crippen LogP contribution in [0.4, 0.5) is 18.9 Å². The van der Waals surface area contributed by atoms with E-state index in [9.17, 15) is 27.9 Å². The molecule has 0 radical (unpaired) electrons. The second-order valence-electron chi connectivity index (χ2n) is 11.5. The van der Waals surface area contributed by atoms with Crippen molar-refractivity contribution in [2.45, 2.75) is 96.9 Å². The summed E-state index contributed by atoms with van der Waals surface area (Å²) in [5.41, 5.74) is 0.459. The Morgan fingerprint density at radius 2 is 1.71 bits per heavy atom. The number of rotatable bonds is 8. The van der Waals surface area contributed by atoms with Gasteiger partial charge >= 0.3 is 12.1 Å². The molecule has 228 valence electrons. The summed E-state index contributed by atoms with van der Waals surface area (Å²) in [6.45, 7) is 14.2. The Morgan fingerprint density at radius 3 is 2.20 bits per heavy atom. The second-order valence-corrected chi connectivity index (χ2v) is 11.5. The van der Waals surface area contributed by atoms with Gasteiger partial charge in [0.15, 0.2) is 5.78 Å². The van der Waals surface area contributed by atoms with Gasteiger partial charge in [0.25, 0.3) is 0 Å². The Kier molecular flexibility index (Phi) is 11.1. The van der Waals surface area contributed by atoms with E-state index >= 15 is 0 Å². The zero-order chi connectivity index (χ0) is 30.4. The molecule has 2 aliphatic heterocycles. The maximum atomic E-state index is 12.6. The number of carbonyl (C=O) groups excluding carboxylic acids is 2. The zero-order valence-electron chi connectivity index (χ0n) is 24.9. The highest BCUT2D eigenvalue weighted by Crippen LogP contribution is 2.43. The van der Waals surface area contributed by atoms with E-state index in [4.69, 9.17) is 4.74 Å². The number of aliphatic hydroxyl groups is 1. The molecule has 1 aromatic rings. The van der Waals surface area contributed by atoms with Crippen LogP contribution in [0, 0.1) is 5.92 Å². The van der Waals surface area contributed by atoms with Gasteiger partial charge < -0.3 is 19.6 Å². The molecule has 0 atom stereocenters. The highest BCUT2D eigenvalue weighted by Gasteiger charge is 2.50. The van der Waals surface area contributed by atoms with Crippen molar-refractivity contribution < 1.29 is 32.6 Å². The van der Waals surface area contributed by atoms with Crippen LogP contribution in [0.1, 0.15) is 84.6 Å². The van der Waals surface area contributed by atoms with E-state index in [2.05, 4.69) is 11.5 Å².